The molecule has 2 nitrogen and oxygen atoms in total. The van der Waals surface area contributed by atoms with Gasteiger partial charge in [0.15, 0.2) is 0 Å². The van der Waals surface area contributed by atoms with Crippen LogP contribution in [-0.4, -0.2) is 18.1 Å². The molecule has 0 bridgehead atoms. The smallest absolute Gasteiger partial charge is 0.128 e. The van der Waals surface area contributed by atoms with Crippen molar-refractivity contribution in [1.82, 2.24) is 4.98 Å². The molecule has 0 saturated carbocycles. The van der Waals surface area contributed by atoms with Crippen LogP contribution in [0.5, 0.6) is 0 Å². The predicted molar refractivity (Wildman–Crippen MR) is 74.9 cm³/mol. The van der Waals surface area contributed by atoms with Crippen molar-refractivity contribution in [3.8, 4) is 0 Å². The van der Waals surface area contributed by atoms with E-state index in [0.717, 1.165) is 12.2 Å². The number of fused-ring (bicyclic) bond motifs is 1. The summed E-state index contributed by atoms with van der Waals surface area (Å²) in [6.07, 6.45) is 5.38. The lowest BCUT2D eigenvalue weighted by molar-refractivity contribution is 0.544. The highest BCUT2D eigenvalue weighted by Crippen LogP contribution is 2.25. The van der Waals surface area contributed by atoms with E-state index >= 15 is 0 Å². The van der Waals surface area contributed by atoms with Crippen molar-refractivity contribution in [2.45, 2.75) is 25.3 Å². The second-order valence-electron chi connectivity index (χ2n) is 4.96. The van der Waals surface area contributed by atoms with Crippen LogP contribution in [0.25, 0.3) is 0 Å². The van der Waals surface area contributed by atoms with E-state index in [1.165, 1.54) is 24.0 Å². The number of hydrogen-bond donors (Lipinski definition) is 0. The lowest BCUT2D eigenvalue weighted by Gasteiger charge is -2.33. The molecular formula is C16H18N2. The predicted octanol–water partition coefficient (Wildman–Crippen LogP) is 3.08. The fraction of sp³-hybridized carbons (Fsp3) is 0.312. The highest BCUT2D eigenvalue weighted by atomic mass is 15.2. The zero-order chi connectivity index (χ0) is 12.4. The van der Waals surface area contributed by atoms with E-state index in [-0.39, 0.29) is 0 Å². The zero-order valence-electron chi connectivity index (χ0n) is 10.7. The van der Waals surface area contributed by atoms with E-state index in [9.17, 15) is 0 Å². The number of anilines is 1. The molecule has 0 saturated heterocycles. The van der Waals surface area contributed by atoms with Gasteiger partial charge >= 0.3 is 0 Å². The molecule has 0 fully saturated rings. The summed E-state index contributed by atoms with van der Waals surface area (Å²) in [6.45, 7) is 0. The van der Waals surface area contributed by atoms with E-state index in [0.29, 0.717) is 6.04 Å². The van der Waals surface area contributed by atoms with Gasteiger partial charge in [0, 0.05) is 19.3 Å². The van der Waals surface area contributed by atoms with Gasteiger partial charge in [-0.2, -0.15) is 0 Å². The first-order chi connectivity index (χ1) is 8.84. The van der Waals surface area contributed by atoms with Crippen LogP contribution in [0.2, 0.25) is 0 Å². The molecule has 18 heavy (non-hydrogen) atoms. The second-order valence-corrected chi connectivity index (χ2v) is 4.96. The third-order valence-electron chi connectivity index (χ3n) is 3.88. The van der Waals surface area contributed by atoms with Gasteiger partial charge in [0.25, 0.3) is 0 Å². The molecule has 1 aromatic carbocycles. The van der Waals surface area contributed by atoms with Crippen LogP contribution < -0.4 is 4.90 Å². The minimum absolute atomic E-state index is 0.565. The van der Waals surface area contributed by atoms with Crippen LogP contribution in [0.4, 0.5) is 5.82 Å². The van der Waals surface area contributed by atoms with Gasteiger partial charge in [-0.15, -0.1) is 0 Å². The van der Waals surface area contributed by atoms with Crippen molar-refractivity contribution in [1.29, 1.82) is 0 Å². The zero-order valence-corrected chi connectivity index (χ0v) is 10.7. The Morgan fingerprint density at radius 2 is 1.83 bits per heavy atom. The molecule has 0 radical (unpaired) electrons. The number of aromatic nitrogens is 1. The van der Waals surface area contributed by atoms with E-state index in [1.807, 2.05) is 12.3 Å². The van der Waals surface area contributed by atoms with Gasteiger partial charge in [0.1, 0.15) is 5.82 Å². The van der Waals surface area contributed by atoms with E-state index in [4.69, 9.17) is 0 Å². The third kappa shape index (κ3) is 2.10. The maximum absolute atomic E-state index is 4.44. The summed E-state index contributed by atoms with van der Waals surface area (Å²) in [6, 6.07) is 15.5. The van der Waals surface area contributed by atoms with Crippen molar-refractivity contribution in [3.05, 3.63) is 59.8 Å². The summed E-state index contributed by atoms with van der Waals surface area (Å²) in [5, 5.41) is 0. The number of nitrogens with zero attached hydrogens (tertiary/aromatic N) is 2. The molecule has 0 aliphatic heterocycles. The number of aryl methyl sites for hydroxylation is 1. The maximum atomic E-state index is 4.44. The topological polar surface area (TPSA) is 16.1 Å². The molecular weight excluding hydrogens is 220 g/mol. The SMILES string of the molecule is CN(c1ccccn1)C1CCc2ccccc2C1. The second kappa shape index (κ2) is 4.81. The average molecular weight is 238 g/mol. The Labute approximate surface area is 108 Å². The molecule has 92 valence electrons. The molecule has 1 atom stereocenters. The monoisotopic (exact) mass is 238 g/mol. The largest absolute Gasteiger partial charge is 0.356 e. The fourth-order valence-electron chi connectivity index (χ4n) is 2.76. The van der Waals surface area contributed by atoms with Crippen LogP contribution >= 0.6 is 0 Å². The molecule has 0 N–H and O–H groups in total. The number of benzene rings is 1. The summed E-state index contributed by atoms with van der Waals surface area (Å²) in [5.74, 6) is 1.07. The summed E-state index contributed by atoms with van der Waals surface area (Å²) in [4.78, 5) is 6.75. The summed E-state index contributed by atoms with van der Waals surface area (Å²) < 4.78 is 0. The molecule has 1 aromatic heterocycles. The van der Waals surface area contributed by atoms with Crippen molar-refractivity contribution < 1.29 is 0 Å². The summed E-state index contributed by atoms with van der Waals surface area (Å²) in [5.41, 5.74) is 3.01. The molecule has 0 spiro atoms. The van der Waals surface area contributed by atoms with Gasteiger partial charge in [0.05, 0.1) is 0 Å². The molecule has 1 aliphatic rings. The van der Waals surface area contributed by atoms with Crippen molar-refractivity contribution in [2.24, 2.45) is 0 Å². The van der Waals surface area contributed by atoms with Gasteiger partial charge in [0.2, 0.25) is 0 Å². The Hall–Kier alpha value is -1.83. The Morgan fingerprint density at radius 3 is 2.61 bits per heavy atom. The Bertz CT molecular complexity index is 522. The van der Waals surface area contributed by atoms with Gasteiger partial charge in [-0.3, -0.25) is 0 Å². The Morgan fingerprint density at radius 1 is 1.06 bits per heavy atom. The maximum Gasteiger partial charge on any atom is 0.128 e. The minimum Gasteiger partial charge on any atom is -0.356 e. The third-order valence-corrected chi connectivity index (χ3v) is 3.88. The van der Waals surface area contributed by atoms with Crippen LogP contribution in [0.3, 0.4) is 0 Å². The number of hydrogen-bond acceptors (Lipinski definition) is 2. The first kappa shape index (κ1) is 11.3. The Balaban J connectivity index is 1.80. The van der Waals surface area contributed by atoms with Crippen molar-refractivity contribution >= 4 is 5.82 Å². The van der Waals surface area contributed by atoms with Crippen molar-refractivity contribution in [3.63, 3.8) is 0 Å². The number of likely N-dealkylation sites (N-methyl/N-ethyl adjacent to an activating group) is 1. The summed E-state index contributed by atoms with van der Waals surface area (Å²) >= 11 is 0. The molecule has 1 unspecified atom stereocenters. The van der Waals surface area contributed by atoms with Crippen LogP contribution in [-0.2, 0) is 12.8 Å². The first-order valence-corrected chi connectivity index (χ1v) is 6.55. The highest BCUT2D eigenvalue weighted by molar-refractivity contribution is 5.40. The van der Waals surface area contributed by atoms with E-state index in [2.05, 4.69) is 53.3 Å². The van der Waals surface area contributed by atoms with Crippen molar-refractivity contribution in [2.75, 3.05) is 11.9 Å². The van der Waals surface area contributed by atoms with Crippen LogP contribution in [0, 0.1) is 0 Å². The fourth-order valence-corrected chi connectivity index (χ4v) is 2.76. The van der Waals surface area contributed by atoms with Crippen LogP contribution in [0.1, 0.15) is 17.5 Å². The van der Waals surface area contributed by atoms with Gasteiger partial charge in [-0.1, -0.05) is 30.3 Å². The van der Waals surface area contributed by atoms with E-state index < -0.39 is 0 Å². The number of rotatable bonds is 2. The van der Waals surface area contributed by atoms with Gasteiger partial charge < -0.3 is 4.90 Å². The quantitative estimate of drug-likeness (QED) is 0.799. The lowest BCUT2D eigenvalue weighted by atomic mass is 9.88. The Kier molecular flexibility index (Phi) is 3.01. The molecule has 1 heterocycles. The van der Waals surface area contributed by atoms with Gasteiger partial charge in [-0.05, 0) is 42.5 Å². The van der Waals surface area contributed by atoms with E-state index in [1.54, 1.807) is 0 Å². The molecule has 2 heteroatoms. The average Bonchev–Trinajstić information content (AvgIpc) is 2.47. The van der Waals surface area contributed by atoms with Gasteiger partial charge in [-0.25, -0.2) is 4.98 Å². The molecule has 2 aromatic rings. The lowest BCUT2D eigenvalue weighted by Crippen LogP contribution is -2.36. The first-order valence-electron chi connectivity index (χ1n) is 6.55. The molecule has 3 rings (SSSR count). The van der Waals surface area contributed by atoms with Crippen LogP contribution in [0.15, 0.2) is 48.7 Å². The molecule has 0 amide bonds. The summed E-state index contributed by atoms with van der Waals surface area (Å²) in [7, 11) is 2.15. The molecule has 1 aliphatic carbocycles. The highest BCUT2D eigenvalue weighted by Gasteiger charge is 2.22. The minimum atomic E-state index is 0.565. The number of pyridine rings is 1. The standard InChI is InChI=1S/C16H18N2/c1-18(16-8-4-5-11-17-16)15-10-9-13-6-2-3-7-14(13)12-15/h2-8,11,15H,9-10,12H2,1H3. The normalized spacial score (nSPS) is 18.2.